The van der Waals surface area contributed by atoms with Crippen LogP contribution in [0.2, 0.25) is 0 Å². The van der Waals surface area contributed by atoms with Gasteiger partial charge in [-0.05, 0) is 66.2 Å². The molecule has 0 atom stereocenters. The largest absolute Gasteiger partial charge is 0.508 e. The summed E-state index contributed by atoms with van der Waals surface area (Å²) in [6, 6.07) is 19.9. The van der Waals surface area contributed by atoms with E-state index in [0.29, 0.717) is 10.9 Å². The standard InChI is InChI=1S/C21H14FNO2/c22-16-5-10-20-15(11-16)12-19(13-1-6-17(24)7-2-13)21(23-20)14-3-8-18(25)9-4-14/h1-12,24-25H. The highest BCUT2D eigenvalue weighted by Gasteiger charge is 2.12. The van der Waals surface area contributed by atoms with Gasteiger partial charge in [0.15, 0.2) is 0 Å². The van der Waals surface area contributed by atoms with Gasteiger partial charge in [-0.1, -0.05) is 12.1 Å². The molecule has 0 saturated carbocycles. The van der Waals surface area contributed by atoms with Gasteiger partial charge < -0.3 is 10.2 Å². The Morgan fingerprint density at radius 2 is 1.28 bits per heavy atom. The molecule has 0 spiro atoms. The number of hydrogen-bond acceptors (Lipinski definition) is 3. The van der Waals surface area contributed by atoms with Crippen LogP contribution in [0.1, 0.15) is 0 Å². The molecule has 0 unspecified atom stereocenters. The van der Waals surface area contributed by atoms with Crippen LogP contribution in [0.15, 0.2) is 72.8 Å². The Labute approximate surface area is 143 Å². The molecule has 3 aromatic carbocycles. The zero-order valence-electron chi connectivity index (χ0n) is 13.1. The minimum Gasteiger partial charge on any atom is -0.508 e. The Balaban J connectivity index is 2.01. The molecule has 2 N–H and O–H groups in total. The lowest BCUT2D eigenvalue weighted by Gasteiger charge is -2.12. The molecule has 3 nitrogen and oxygen atoms in total. The number of fused-ring (bicyclic) bond motifs is 1. The summed E-state index contributed by atoms with van der Waals surface area (Å²) in [7, 11) is 0. The van der Waals surface area contributed by atoms with Crippen LogP contribution >= 0.6 is 0 Å². The summed E-state index contributed by atoms with van der Waals surface area (Å²) < 4.78 is 13.6. The van der Waals surface area contributed by atoms with E-state index in [1.807, 2.05) is 6.07 Å². The molecule has 0 bridgehead atoms. The zero-order valence-corrected chi connectivity index (χ0v) is 13.1. The molecule has 0 radical (unpaired) electrons. The molecule has 0 saturated heterocycles. The maximum atomic E-state index is 13.6. The molecule has 1 aromatic heterocycles. The van der Waals surface area contributed by atoms with Crippen LogP contribution in [0, 0.1) is 5.82 Å². The maximum Gasteiger partial charge on any atom is 0.123 e. The zero-order chi connectivity index (χ0) is 17.4. The van der Waals surface area contributed by atoms with Crippen LogP contribution < -0.4 is 0 Å². The Morgan fingerprint density at radius 1 is 0.680 bits per heavy atom. The van der Waals surface area contributed by atoms with Gasteiger partial charge in [0.1, 0.15) is 17.3 Å². The number of halogens is 1. The predicted molar refractivity (Wildman–Crippen MR) is 95.9 cm³/mol. The Hall–Kier alpha value is -3.40. The summed E-state index contributed by atoms with van der Waals surface area (Å²) in [4.78, 5) is 4.70. The summed E-state index contributed by atoms with van der Waals surface area (Å²) in [5.74, 6) is 0.0378. The molecule has 1 heterocycles. The molecule has 4 aromatic rings. The van der Waals surface area contributed by atoms with Crippen molar-refractivity contribution in [2.75, 3.05) is 0 Å². The van der Waals surface area contributed by atoms with Crippen LogP contribution in [0.4, 0.5) is 4.39 Å². The molecular weight excluding hydrogens is 317 g/mol. The first kappa shape index (κ1) is 15.1. The second kappa shape index (κ2) is 5.91. The van der Waals surface area contributed by atoms with E-state index < -0.39 is 0 Å². The van der Waals surface area contributed by atoms with E-state index in [1.54, 1.807) is 54.6 Å². The number of pyridine rings is 1. The van der Waals surface area contributed by atoms with E-state index >= 15 is 0 Å². The fourth-order valence-electron chi connectivity index (χ4n) is 2.85. The third kappa shape index (κ3) is 2.90. The predicted octanol–water partition coefficient (Wildman–Crippen LogP) is 5.12. The second-order valence-electron chi connectivity index (χ2n) is 5.82. The van der Waals surface area contributed by atoms with Gasteiger partial charge in [-0.15, -0.1) is 0 Å². The number of rotatable bonds is 2. The van der Waals surface area contributed by atoms with Crippen molar-refractivity contribution in [2.45, 2.75) is 0 Å². The van der Waals surface area contributed by atoms with Crippen molar-refractivity contribution in [1.82, 2.24) is 4.98 Å². The fourth-order valence-corrected chi connectivity index (χ4v) is 2.85. The Morgan fingerprint density at radius 3 is 1.92 bits per heavy atom. The van der Waals surface area contributed by atoms with Gasteiger partial charge in [-0.2, -0.15) is 0 Å². The average molecular weight is 331 g/mol. The van der Waals surface area contributed by atoms with Gasteiger partial charge in [0.25, 0.3) is 0 Å². The van der Waals surface area contributed by atoms with Gasteiger partial charge in [0.05, 0.1) is 11.2 Å². The highest BCUT2D eigenvalue weighted by molar-refractivity contribution is 5.91. The number of phenolic OH excluding ortho intramolecular Hbond substituents is 2. The quantitative estimate of drug-likeness (QED) is 0.536. The summed E-state index contributed by atoms with van der Waals surface area (Å²) in [5.41, 5.74) is 3.94. The average Bonchev–Trinajstić information content (AvgIpc) is 2.62. The molecule has 0 aliphatic heterocycles. The first-order chi connectivity index (χ1) is 12.1. The first-order valence-electron chi connectivity index (χ1n) is 7.79. The highest BCUT2D eigenvalue weighted by atomic mass is 19.1. The molecule has 4 heteroatoms. The lowest BCUT2D eigenvalue weighted by molar-refractivity contribution is 0.475. The van der Waals surface area contributed by atoms with Gasteiger partial charge >= 0.3 is 0 Å². The fraction of sp³-hybridized carbons (Fsp3) is 0. The topological polar surface area (TPSA) is 53.4 Å². The number of phenols is 2. The summed E-state index contributed by atoms with van der Waals surface area (Å²) >= 11 is 0. The summed E-state index contributed by atoms with van der Waals surface area (Å²) in [5, 5.41) is 19.8. The number of aromatic nitrogens is 1. The van der Waals surface area contributed by atoms with E-state index in [4.69, 9.17) is 4.98 Å². The Bertz CT molecular complexity index is 1060. The Kier molecular flexibility index (Phi) is 3.58. The molecular formula is C21H14FNO2. The highest BCUT2D eigenvalue weighted by Crippen LogP contribution is 2.34. The molecule has 0 fully saturated rings. The second-order valence-corrected chi connectivity index (χ2v) is 5.82. The van der Waals surface area contributed by atoms with Gasteiger partial charge in [-0.3, -0.25) is 0 Å². The maximum absolute atomic E-state index is 13.6. The van der Waals surface area contributed by atoms with E-state index in [-0.39, 0.29) is 17.3 Å². The third-order valence-electron chi connectivity index (χ3n) is 4.10. The van der Waals surface area contributed by atoms with Crippen molar-refractivity contribution in [2.24, 2.45) is 0 Å². The third-order valence-corrected chi connectivity index (χ3v) is 4.10. The SMILES string of the molecule is Oc1ccc(-c2cc3cc(F)ccc3nc2-c2ccc(O)cc2)cc1. The van der Waals surface area contributed by atoms with Gasteiger partial charge in [0, 0.05) is 16.5 Å². The summed E-state index contributed by atoms with van der Waals surface area (Å²) in [6.45, 7) is 0. The van der Waals surface area contributed by atoms with Crippen LogP contribution in [0.25, 0.3) is 33.3 Å². The van der Waals surface area contributed by atoms with Crippen molar-refractivity contribution in [1.29, 1.82) is 0 Å². The molecule has 0 aliphatic rings. The van der Waals surface area contributed by atoms with Crippen molar-refractivity contribution in [3.05, 3.63) is 78.6 Å². The van der Waals surface area contributed by atoms with Crippen molar-refractivity contribution in [3.63, 3.8) is 0 Å². The number of aromatic hydroxyl groups is 2. The van der Waals surface area contributed by atoms with Crippen LogP contribution in [0.5, 0.6) is 11.5 Å². The minimum atomic E-state index is -0.316. The van der Waals surface area contributed by atoms with E-state index in [9.17, 15) is 14.6 Å². The van der Waals surface area contributed by atoms with Gasteiger partial charge in [-0.25, -0.2) is 9.37 Å². The molecule has 4 rings (SSSR count). The molecule has 0 aliphatic carbocycles. The minimum absolute atomic E-state index is 0.176. The lowest BCUT2D eigenvalue weighted by Crippen LogP contribution is -1.92. The van der Waals surface area contributed by atoms with E-state index in [2.05, 4.69) is 0 Å². The van der Waals surface area contributed by atoms with Crippen LogP contribution in [-0.4, -0.2) is 15.2 Å². The lowest BCUT2D eigenvalue weighted by atomic mass is 9.97. The molecule has 122 valence electrons. The van der Waals surface area contributed by atoms with E-state index in [1.165, 1.54) is 12.1 Å². The molecule has 0 amide bonds. The monoisotopic (exact) mass is 331 g/mol. The van der Waals surface area contributed by atoms with Crippen molar-refractivity contribution in [3.8, 4) is 33.9 Å². The van der Waals surface area contributed by atoms with Gasteiger partial charge in [0.2, 0.25) is 0 Å². The number of benzene rings is 3. The number of nitrogens with zero attached hydrogens (tertiary/aromatic N) is 1. The van der Waals surface area contributed by atoms with Crippen LogP contribution in [0.3, 0.4) is 0 Å². The molecule has 25 heavy (non-hydrogen) atoms. The smallest absolute Gasteiger partial charge is 0.123 e. The number of hydrogen-bond donors (Lipinski definition) is 2. The van der Waals surface area contributed by atoms with Crippen molar-refractivity contribution < 1.29 is 14.6 Å². The first-order valence-corrected chi connectivity index (χ1v) is 7.79. The summed E-state index contributed by atoms with van der Waals surface area (Å²) in [6.07, 6.45) is 0. The van der Waals surface area contributed by atoms with Crippen LogP contribution in [-0.2, 0) is 0 Å². The van der Waals surface area contributed by atoms with Crippen molar-refractivity contribution >= 4 is 10.9 Å². The van der Waals surface area contributed by atoms with E-state index in [0.717, 1.165) is 22.4 Å². The normalized spacial score (nSPS) is 10.9.